The standard InChI is InChI=1S/C9H13ClO/c1-7(2)9(11)5-4-8(3)6-10/h5,7H,6H2,1-3H3. The van der Waals surface area contributed by atoms with Crippen molar-refractivity contribution in [2.75, 3.05) is 5.88 Å². The molecule has 0 unspecified atom stereocenters. The maximum Gasteiger partial charge on any atom is 0.165 e. The van der Waals surface area contributed by atoms with Crippen molar-refractivity contribution in [3.8, 4) is 0 Å². The highest BCUT2D eigenvalue weighted by atomic mass is 35.5. The molecule has 62 valence electrons. The second-order valence-corrected chi connectivity index (χ2v) is 3.03. The van der Waals surface area contributed by atoms with Crippen LogP contribution < -0.4 is 0 Å². The van der Waals surface area contributed by atoms with Crippen molar-refractivity contribution in [1.82, 2.24) is 0 Å². The first-order chi connectivity index (χ1) is 5.07. The molecule has 0 aliphatic carbocycles. The lowest BCUT2D eigenvalue weighted by molar-refractivity contribution is -0.117. The van der Waals surface area contributed by atoms with Crippen LogP contribution in [0.4, 0.5) is 0 Å². The van der Waals surface area contributed by atoms with E-state index in [-0.39, 0.29) is 11.7 Å². The van der Waals surface area contributed by atoms with E-state index in [1.54, 1.807) is 0 Å². The summed E-state index contributed by atoms with van der Waals surface area (Å²) in [5.41, 5.74) is 3.71. The van der Waals surface area contributed by atoms with Crippen molar-refractivity contribution in [3.63, 3.8) is 0 Å². The summed E-state index contributed by atoms with van der Waals surface area (Å²) in [6, 6.07) is 0. The summed E-state index contributed by atoms with van der Waals surface area (Å²) in [6.45, 7) is 5.56. The molecule has 0 aliphatic rings. The van der Waals surface area contributed by atoms with Gasteiger partial charge in [-0.25, -0.2) is 0 Å². The fraction of sp³-hybridized carbons (Fsp3) is 0.556. The van der Waals surface area contributed by atoms with E-state index in [0.29, 0.717) is 5.88 Å². The number of rotatable bonds is 3. The Balaban J connectivity index is 4.23. The highest BCUT2D eigenvalue weighted by Gasteiger charge is 2.00. The van der Waals surface area contributed by atoms with Crippen LogP contribution in [0.3, 0.4) is 0 Å². The molecule has 0 aromatic heterocycles. The molecule has 0 bridgehead atoms. The summed E-state index contributed by atoms with van der Waals surface area (Å²) in [5.74, 6) is 0.571. The van der Waals surface area contributed by atoms with Crippen LogP contribution in [-0.2, 0) is 4.79 Å². The molecule has 0 saturated heterocycles. The number of hydrogen-bond donors (Lipinski definition) is 0. The summed E-state index contributed by atoms with van der Waals surface area (Å²) in [6.07, 6.45) is 1.46. The molecule has 0 N–H and O–H groups in total. The van der Waals surface area contributed by atoms with Crippen molar-refractivity contribution in [2.24, 2.45) is 5.92 Å². The number of carbonyl (C=O) groups excluding carboxylic acids is 1. The minimum atomic E-state index is 0.0469. The van der Waals surface area contributed by atoms with Crippen molar-refractivity contribution < 1.29 is 4.79 Å². The highest BCUT2D eigenvalue weighted by molar-refractivity contribution is 6.19. The Morgan fingerprint density at radius 2 is 2.18 bits per heavy atom. The van der Waals surface area contributed by atoms with E-state index in [9.17, 15) is 4.79 Å². The predicted molar refractivity (Wildman–Crippen MR) is 47.8 cm³/mol. The van der Waals surface area contributed by atoms with E-state index in [0.717, 1.165) is 5.57 Å². The molecule has 0 rings (SSSR count). The first-order valence-electron chi connectivity index (χ1n) is 3.60. The summed E-state index contributed by atoms with van der Waals surface area (Å²) in [4.78, 5) is 11.0. The zero-order valence-corrected chi connectivity index (χ0v) is 7.90. The van der Waals surface area contributed by atoms with E-state index in [4.69, 9.17) is 11.6 Å². The van der Waals surface area contributed by atoms with Gasteiger partial charge in [0.2, 0.25) is 0 Å². The van der Waals surface area contributed by atoms with E-state index in [1.807, 2.05) is 20.8 Å². The molecule has 0 aromatic rings. The second kappa shape index (κ2) is 5.17. The molecule has 0 saturated carbocycles. The molecule has 0 aliphatic heterocycles. The lowest BCUT2D eigenvalue weighted by atomic mass is 10.1. The van der Waals surface area contributed by atoms with Gasteiger partial charge in [0.1, 0.15) is 0 Å². The van der Waals surface area contributed by atoms with E-state index >= 15 is 0 Å². The number of ketones is 1. The summed E-state index contributed by atoms with van der Waals surface area (Å²) in [5, 5.41) is 0. The molecule has 2 heteroatoms. The molecular formula is C9H13ClO. The third kappa shape index (κ3) is 4.83. The average molecular weight is 173 g/mol. The molecule has 1 nitrogen and oxygen atoms in total. The maximum absolute atomic E-state index is 11.0. The van der Waals surface area contributed by atoms with Gasteiger partial charge in [-0.05, 0) is 12.5 Å². The lowest BCUT2D eigenvalue weighted by Gasteiger charge is -1.93. The molecule has 0 fully saturated rings. The van der Waals surface area contributed by atoms with Gasteiger partial charge in [-0.3, -0.25) is 4.79 Å². The van der Waals surface area contributed by atoms with Gasteiger partial charge in [-0.15, -0.1) is 17.3 Å². The summed E-state index contributed by atoms with van der Waals surface area (Å²) in [7, 11) is 0. The van der Waals surface area contributed by atoms with Crippen LogP contribution in [0.2, 0.25) is 0 Å². The lowest BCUT2D eigenvalue weighted by Crippen LogP contribution is -2.01. The Bertz CT molecular complexity index is 198. The quantitative estimate of drug-likeness (QED) is 0.363. The summed E-state index contributed by atoms with van der Waals surface area (Å²) < 4.78 is 0. The molecular weight excluding hydrogens is 160 g/mol. The molecule has 0 aromatic carbocycles. The predicted octanol–water partition coefficient (Wildman–Crippen LogP) is 2.55. The third-order valence-electron chi connectivity index (χ3n) is 1.23. The van der Waals surface area contributed by atoms with Crippen molar-refractivity contribution in [3.05, 3.63) is 17.4 Å². The normalized spacial score (nSPS) is 9.18. The van der Waals surface area contributed by atoms with Crippen LogP contribution in [-0.4, -0.2) is 11.7 Å². The second-order valence-electron chi connectivity index (χ2n) is 2.76. The fourth-order valence-electron chi connectivity index (χ4n) is 0.400. The number of halogens is 1. The first-order valence-corrected chi connectivity index (χ1v) is 4.13. The molecule has 0 heterocycles. The Hall–Kier alpha value is -0.520. The fourth-order valence-corrected chi connectivity index (χ4v) is 0.477. The van der Waals surface area contributed by atoms with Crippen LogP contribution in [0.5, 0.6) is 0 Å². The van der Waals surface area contributed by atoms with Gasteiger partial charge in [-0.2, -0.15) is 0 Å². The van der Waals surface area contributed by atoms with Gasteiger partial charge < -0.3 is 0 Å². The van der Waals surface area contributed by atoms with E-state index in [2.05, 4.69) is 5.73 Å². The monoisotopic (exact) mass is 172 g/mol. The van der Waals surface area contributed by atoms with Crippen molar-refractivity contribution in [2.45, 2.75) is 20.8 Å². The smallest absolute Gasteiger partial charge is 0.165 e. The zero-order chi connectivity index (χ0) is 8.85. The van der Waals surface area contributed by atoms with Crippen LogP contribution in [0.25, 0.3) is 0 Å². The Kier molecular flexibility index (Phi) is 4.93. The van der Waals surface area contributed by atoms with Crippen molar-refractivity contribution in [1.29, 1.82) is 0 Å². The molecule has 0 spiro atoms. The number of alkyl halides is 1. The van der Waals surface area contributed by atoms with Gasteiger partial charge in [0, 0.05) is 12.0 Å². The SMILES string of the molecule is CC(=C=CC(=O)C(C)C)CCl. The van der Waals surface area contributed by atoms with E-state index in [1.165, 1.54) is 6.08 Å². The largest absolute Gasteiger partial charge is 0.294 e. The molecule has 0 amide bonds. The summed E-state index contributed by atoms with van der Waals surface area (Å²) >= 11 is 5.48. The van der Waals surface area contributed by atoms with E-state index < -0.39 is 0 Å². The molecule has 0 atom stereocenters. The Morgan fingerprint density at radius 3 is 2.55 bits per heavy atom. The zero-order valence-electron chi connectivity index (χ0n) is 7.15. The van der Waals surface area contributed by atoms with Crippen LogP contribution in [0, 0.1) is 5.92 Å². The van der Waals surface area contributed by atoms with Gasteiger partial charge in [0.15, 0.2) is 5.78 Å². The molecule has 11 heavy (non-hydrogen) atoms. The maximum atomic E-state index is 11.0. The van der Waals surface area contributed by atoms with Crippen molar-refractivity contribution >= 4 is 17.4 Å². The van der Waals surface area contributed by atoms with Gasteiger partial charge in [0.05, 0.1) is 5.88 Å². The average Bonchev–Trinajstić information content (AvgIpc) is 1.99. The minimum Gasteiger partial charge on any atom is -0.294 e. The number of hydrogen-bond acceptors (Lipinski definition) is 1. The first kappa shape index (κ1) is 10.5. The Labute approximate surface area is 72.7 Å². The van der Waals surface area contributed by atoms with Crippen LogP contribution in [0.1, 0.15) is 20.8 Å². The topological polar surface area (TPSA) is 17.1 Å². The number of allylic oxidation sites excluding steroid dienone is 1. The van der Waals surface area contributed by atoms with Gasteiger partial charge >= 0.3 is 0 Å². The van der Waals surface area contributed by atoms with Gasteiger partial charge in [0.25, 0.3) is 0 Å². The number of carbonyl (C=O) groups is 1. The highest BCUT2D eigenvalue weighted by Crippen LogP contribution is 1.96. The van der Waals surface area contributed by atoms with Crippen LogP contribution in [0.15, 0.2) is 17.4 Å². The van der Waals surface area contributed by atoms with Gasteiger partial charge in [-0.1, -0.05) is 13.8 Å². The van der Waals surface area contributed by atoms with Crippen LogP contribution >= 0.6 is 11.6 Å². The third-order valence-corrected chi connectivity index (χ3v) is 1.63. The minimum absolute atomic E-state index is 0.0469. The Morgan fingerprint density at radius 1 is 1.64 bits per heavy atom. The molecule has 0 radical (unpaired) electrons.